The summed E-state index contributed by atoms with van der Waals surface area (Å²) >= 11 is 0. The molecule has 0 amide bonds. The minimum Gasteiger partial charge on any atom is -0.475 e. The van der Waals surface area contributed by atoms with E-state index in [1.54, 1.807) is 6.07 Å². The van der Waals surface area contributed by atoms with Gasteiger partial charge in [-0.15, -0.1) is 0 Å². The Morgan fingerprint density at radius 2 is 2.44 bits per heavy atom. The molecule has 4 nitrogen and oxygen atoms in total. The second-order valence-electron chi connectivity index (χ2n) is 4.54. The molecule has 0 spiro atoms. The van der Waals surface area contributed by atoms with E-state index in [0.717, 1.165) is 11.5 Å². The Morgan fingerprint density at radius 1 is 1.69 bits per heavy atom. The fraction of sp³-hybridized carbons (Fsp3) is 0.583. The van der Waals surface area contributed by atoms with Crippen molar-refractivity contribution in [2.45, 2.75) is 38.8 Å². The Bertz CT molecular complexity index is 368. The van der Waals surface area contributed by atoms with E-state index in [4.69, 9.17) is 9.52 Å². The van der Waals surface area contributed by atoms with Gasteiger partial charge in [-0.05, 0) is 25.3 Å². The van der Waals surface area contributed by atoms with Crippen LogP contribution in [-0.2, 0) is 6.54 Å². The largest absolute Gasteiger partial charge is 0.475 e. The van der Waals surface area contributed by atoms with Crippen LogP contribution in [0.25, 0.3) is 0 Å². The van der Waals surface area contributed by atoms with Crippen LogP contribution in [0.3, 0.4) is 0 Å². The summed E-state index contributed by atoms with van der Waals surface area (Å²) < 4.78 is 4.91. The highest BCUT2D eigenvalue weighted by Crippen LogP contribution is 2.33. The highest BCUT2D eigenvalue weighted by atomic mass is 16.4. The Balaban J connectivity index is 1.83. The number of aromatic carboxylic acids is 1. The Morgan fingerprint density at radius 3 is 3.06 bits per heavy atom. The minimum absolute atomic E-state index is 0.0473. The van der Waals surface area contributed by atoms with Crippen LogP contribution in [0, 0.1) is 5.92 Å². The van der Waals surface area contributed by atoms with Crippen LogP contribution >= 0.6 is 0 Å². The lowest BCUT2D eigenvalue weighted by atomic mass is 10.1. The molecule has 1 saturated carbocycles. The van der Waals surface area contributed by atoms with E-state index in [-0.39, 0.29) is 5.76 Å². The molecule has 88 valence electrons. The third kappa shape index (κ3) is 2.85. The van der Waals surface area contributed by atoms with Crippen molar-refractivity contribution in [1.82, 2.24) is 5.32 Å². The first-order valence-corrected chi connectivity index (χ1v) is 5.70. The fourth-order valence-corrected chi connectivity index (χ4v) is 1.88. The molecule has 1 atom stereocenters. The molecule has 0 radical (unpaired) electrons. The summed E-state index contributed by atoms with van der Waals surface area (Å²) in [5.41, 5.74) is 0.718. The maximum Gasteiger partial charge on any atom is 0.372 e. The Labute approximate surface area is 94.6 Å². The highest BCUT2D eigenvalue weighted by molar-refractivity contribution is 5.86. The van der Waals surface area contributed by atoms with E-state index < -0.39 is 5.97 Å². The van der Waals surface area contributed by atoms with Crippen molar-refractivity contribution in [1.29, 1.82) is 0 Å². The first-order chi connectivity index (χ1) is 7.66. The fourth-order valence-electron chi connectivity index (χ4n) is 1.88. The molecule has 1 unspecified atom stereocenters. The van der Waals surface area contributed by atoms with E-state index in [9.17, 15) is 4.79 Å². The van der Waals surface area contributed by atoms with Crippen molar-refractivity contribution in [2.75, 3.05) is 0 Å². The molecule has 0 aliphatic heterocycles. The first-order valence-electron chi connectivity index (χ1n) is 5.70. The van der Waals surface area contributed by atoms with E-state index in [2.05, 4.69) is 12.2 Å². The first kappa shape index (κ1) is 11.2. The number of carboxylic acid groups (broad SMARTS) is 1. The monoisotopic (exact) mass is 223 g/mol. The molecule has 0 aromatic carbocycles. The lowest BCUT2D eigenvalue weighted by Crippen LogP contribution is -2.26. The molecular weight excluding hydrogens is 206 g/mol. The van der Waals surface area contributed by atoms with Crippen LogP contribution in [0.15, 0.2) is 16.7 Å². The van der Waals surface area contributed by atoms with Crippen molar-refractivity contribution < 1.29 is 14.3 Å². The van der Waals surface area contributed by atoms with Crippen LogP contribution in [-0.4, -0.2) is 17.1 Å². The molecule has 1 aliphatic carbocycles. The zero-order chi connectivity index (χ0) is 11.5. The average Bonchev–Trinajstić information content (AvgIpc) is 2.91. The van der Waals surface area contributed by atoms with E-state index in [0.29, 0.717) is 12.6 Å². The van der Waals surface area contributed by atoms with Crippen LogP contribution in [0.4, 0.5) is 0 Å². The zero-order valence-corrected chi connectivity index (χ0v) is 9.40. The van der Waals surface area contributed by atoms with E-state index in [1.165, 1.54) is 25.5 Å². The summed E-state index contributed by atoms with van der Waals surface area (Å²) in [6, 6.07) is 2.14. The van der Waals surface area contributed by atoms with Crippen LogP contribution in [0.2, 0.25) is 0 Å². The summed E-state index contributed by atoms with van der Waals surface area (Å²) in [6.07, 6.45) is 5.29. The van der Waals surface area contributed by atoms with Gasteiger partial charge in [0.15, 0.2) is 0 Å². The van der Waals surface area contributed by atoms with Crippen molar-refractivity contribution in [3.8, 4) is 0 Å². The maximum atomic E-state index is 10.8. The summed E-state index contributed by atoms with van der Waals surface area (Å²) in [5, 5.41) is 12.2. The van der Waals surface area contributed by atoms with Crippen molar-refractivity contribution in [2.24, 2.45) is 5.92 Å². The summed E-state index contributed by atoms with van der Waals surface area (Å²) in [5.74, 6) is -0.0754. The van der Waals surface area contributed by atoms with Gasteiger partial charge in [0.05, 0.1) is 6.26 Å². The Hall–Kier alpha value is -1.29. The lowest BCUT2D eigenvalue weighted by molar-refractivity contribution is 0.0660. The second kappa shape index (κ2) is 4.70. The van der Waals surface area contributed by atoms with Crippen LogP contribution in [0.1, 0.15) is 42.3 Å². The van der Waals surface area contributed by atoms with Gasteiger partial charge in [0.25, 0.3) is 0 Å². The van der Waals surface area contributed by atoms with Gasteiger partial charge in [-0.2, -0.15) is 0 Å². The number of furan rings is 1. The highest BCUT2D eigenvalue weighted by Gasteiger charge is 2.23. The normalized spacial score (nSPS) is 17.3. The molecular formula is C12H17NO3. The number of nitrogens with one attached hydrogen (secondary N) is 1. The predicted octanol–water partition coefficient (Wildman–Crippen LogP) is 2.26. The van der Waals surface area contributed by atoms with Crippen molar-refractivity contribution >= 4 is 5.97 Å². The maximum absolute atomic E-state index is 10.8. The molecule has 1 aromatic rings. The summed E-state index contributed by atoms with van der Waals surface area (Å²) in [7, 11) is 0. The van der Waals surface area contributed by atoms with Gasteiger partial charge < -0.3 is 14.8 Å². The van der Waals surface area contributed by atoms with Crippen molar-refractivity contribution in [3.05, 3.63) is 23.7 Å². The molecule has 1 aliphatic rings. The second-order valence-corrected chi connectivity index (χ2v) is 4.54. The number of hydrogen-bond donors (Lipinski definition) is 2. The van der Waals surface area contributed by atoms with E-state index in [1.807, 2.05) is 0 Å². The number of carboxylic acids is 1. The quantitative estimate of drug-likeness (QED) is 0.776. The molecule has 0 bridgehead atoms. The lowest BCUT2D eigenvalue weighted by Gasteiger charge is -2.12. The van der Waals surface area contributed by atoms with Gasteiger partial charge in [-0.3, -0.25) is 0 Å². The van der Waals surface area contributed by atoms with Crippen LogP contribution in [0.5, 0.6) is 0 Å². The van der Waals surface area contributed by atoms with Gasteiger partial charge in [0.2, 0.25) is 5.76 Å². The molecule has 16 heavy (non-hydrogen) atoms. The topological polar surface area (TPSA) is 62.5 Å². The number of hydrogen-bond acceptors (Lipinski definition) is 3. The SMILES string of the molecule is CC(CC1CC1)NCc1ccoc1C(=O)O. The smallest absolute Gasteiger partial charge is 0.372 e. The molecule has 2 rings (SSSR count). The van der Waals surface area contributed by atoms with Gasteiger partial charge in [-0.25, -0.2) is 4.79 Å². The third-order valence-electron chi connectivity index (χ3n) is 2.97. The average molecular weight is 223 g/mol. The molecule has 1 heterocycles. The number of rotatable bonds is 6. The van der Waals surface area contributed by atoms with Gasteiger partial charge >= 0.3 is 5.97 Å². The molecule has 2 N–H and O–H groups in total. The van der Waals surface area contributed by atoms with E-state index >= 15 is 0 Å². The molecule has 0 saturated heterocycles. The molecule has 1 fully saturated rings. The standard InChI is InChI=1S/C12H17NO3/c1-8(6-9-2-3-9)13-7-10-4-5-16-11(10)12(14)15/h4-5,8-9,13H,2-3,6-7H2,1H3,(H,14,15). The molecule has 1 aromatic heterocycles. The Kier molecular flexibility index (Phi) is 3.29. The van der Waals surface area contributed by atoms with Gasteiger partial charge in [-0.1, -0.05) is 12.8 Å². The van der Waals surface area contributed by atoms with Gasteiger partial charge in [0, 0.05) is 18.2 Å². The number of carbonyl (C=O) groups is 1. The van der Waals surface area contributed by atoms with Crippen LogP contribution < -0.4 is 5.32 Å². The molecule has 4 heteroatoms. The summed E-state index contributed by atoms with van der Waals surface area (Å²) in [4.78, 5) is 10.8. The third-order valence-corrected chi connectivity index (χ3v) is 2.97. The summed E-state index contributed by atoms with van der Waals surface area (Å²) in [6.45, 7) is 2.70. The zero-order valence-electron chi connectivity index (χ0n) is 9.40. The predicted molar refractivity (Wildman–Crippen MR) is 59.3 cm³/mol. The van der Waals surface area contributed by atoms with Crippen molar-refractivity contribution in [3.63, 3.8) is 0 Å². The minimum atomic E-state index is -1.00. The van der Waals surface area contributed by atoms with Gasteiger partial charge in [0.1, 0.15) is 0 Å².